The van der Waals surface area contributed by atoms with Crippen molar-refractivity contribution in [3.05, 3.63) is 17.5 Å². The first-order valence-corrected chi connectivity index (χ1v) is 11.2. The van der Waals surface area contributed by atoms with Crippen LogP contribution in [-0.2, 0) is 10.9 Å². The molecule has 0 saturated carbocycles. The number of ether oxygens (including phenoxy) is 2. The molecule has 12 heteroatoms. The van der Waals surface area contributed by atoms with Gasteiger partial charge in [-0.05, 0) is 39.7 Å². The summed E-state index contributed by atoms with van der Waals surface area (Å²) in [5.41, 5.74) is -2.64. The van der Waals surface area contributed by atoms with Crippen LogP contribution in [-0.4, -0.2) is 38.6 Å². The highest BCUT2D eigenvalue weighted by atomic mass is 19.4. The molecule has 2 aromatic heterocycles. The molecular weight excluding hydrogens is 457 g/mol. The van der Waals surface area contributed by atoms with Gasteiger partial charge in [0.25, 0.3) is 5.89 Å². The number of anilines is 1. The molecule has 1 aliphatic heterocycles. The summed E-state index contributed by atoms with van der Waals surface area (Å²) in [6.45, 7) is 8.85. The van der Waals surface area contributed by atoms with Crippen LogP contribution in [0, 0.1) is 0 Å². The van der Waals surface area contributed by atoms with Crippen LogP contribution in [0.2, 0.25) is 0 Å². The summed E-state index contributed by atoms with van der Waals surface area (Å²) in [5.74, 6) is -1.04. The summed E-state index contributed by atoms with van der Waals surface area (Å²) in [6, 6.07) is 0.688. The van der Waals surface area contributed by atoms with E-state index in [9.17, 15) is 23.1 Å². The minimum atomic E-state index is -4.80. The summed E-state index contributed by atoms with van der Waals surface area (Å²) in [6.07, 6.45) is -3.78. The molecule has 3 rings (SSSR count). The molecule has 2 aromatic rings. The largest absolute Gasteiger partial charge is 0.477 e. The number of hydrogen-bond acceptors (Lipinski definition) is 8. The van der Waals surface area contributed by atoms with Crippen LogP contribution in [0.15, 0.2) is 10.5 Å². The number of halogens is 3. The number of amides is 1. The van der Waals surface area contributed by atoms with E-state index in [1.165, 1.54) is 0 Å². The van der Waals surface area contributed by atoms with Crippen LogP contribution in [0.5, 0.6) is 5.88 Å². The van der Waals surface area contributed by atoms with Gasteiger partial charge in [0.1, 0.15) is 17.3 Å². The van der Waals surface area contributed by atoms with E-state index in [0.29, 0.717) is 31.7 Å². The standard InChI is InChI=1S/C20H25F3N4O5.C2H6/c1-19(2,3)32-18(29)24-12-10-11(20(21,22)23)15-25-14(12)17-27-26-16(31-17)13(28)8-6-4-5-7-9-30-15;1-2/h10,13,28H,4-9H2,1-3H3,(H,24,29);1-2H3. The van der Waals surface area contributed by atoms with Gasteiger partial charge in [-0.3, -0.25) is 5.32 Å². The third kappa shape index (κ3) is 7.57. The smallest absolute Gasteiger partial charge is 0.421 e. The fourth-order valence-corrected chi connectivity index (χ4v) is 3.03. The van der Waals surface area contributed by atoms with Crippen molar-refractivity contribution in [1.29, 1.82) is 0 Å². The number of aliphatic hydroxyl groups excluding tert-OH is 1. The predicted octanol–water partition coefficient (Wildman–Crippen LogP) is 5.90. The number of hydrogen-bond donors (Lipinski definition) is 2. The van der Waals surface area contributed by atoms with Gasteiger partial charge in [-0.25, -0.2) is 9.78 Å². The predicted molar refractivity (Wildman–Crippen MR) is 117 cm³/mol. The van der Waals surface area contributed by atoms with Crippen LogP contribution in [0.25, 0.3) is 11.6 Å². The maximum absolute atomic E-state index is 13.7. The molecule has 190 valence electrons. The zero-order valence-corrected chi connectivity index (χ0v) is 20.0. The fraction of sp³-hybridized carbons (Fsp3) is 0.636. The highest BCUT2D eigenvalue weighted by molar-refractivity contribution is 5.89. The van der Waals surface area contributed by atoms with E-state index >= 15 is 0 Å². The van der Waals surface area contributed by atoms with E-state index in [0.717, 1.165) is 6.42 Å². The van der Waals surface area contributed by atoms with E-state index in [1.54, 1.807) is 20.8 Å². The Bertz CT molecular complexity index is 957. The highest BCUT2D eigenvalue weighted by Crippen LogP contribution is 2.40. The van der Waals surface area contributed by atoms with Gasteiger partial charge < -0.3 is 19.0 Å². The van der Waals surface area contributed by atoms with Crippen molar-refractivity contribution < 1.29 is 37.0 Å². The Morgan fingerprint density at radius 3 is 2.47 bits per heavy atom. The number of carbonyl (C=O) groups is 1. The third-order valence-electron chi connectivity index (χ3n) is 4.47. The first kappa shape index (κ1) is 27.4. The van der Waals surface area contributed by atoms with Crippen molar-refractivity contribution in [3.63, 3.8) is 0 Å². The van der Waals surface area contributed by atoms with E-state index < -0.39 is 35.4 Å². The minimum absolute atomic E-state index is 0.0198. The molecule has 4 bridgehead atoms. The number of rotatable bonds is 1. The van der Waals surface area contributed by atoms with Crippen LogP contribution in [0.4, 0.5) is 23.7 Å². The quantitative estimate of drug-likeness (QED) is 0.509. The average Bonchev–Trinajstić information content (AvgIpc) is 3.22. The van der Waals surface area contributed by atoms with Gasteiger partial charge in [-0.2, -0.15) is 13.2 Å². The number of nitrogens with zero attached hydrogens (tertiary/aromatic N) is 3. The molecule has 3 heterocycles. The Labute approximate surface area is 196 Å². The molecule has 0 aromatic carbocycles. The second-order valence-electron chi connectivity index (χ2n) is 8.37. The van der Waals surface area contributed by atoms with Crippen molar-refractivity contribution in [3.8, 4) is 17.5 Å². The Balaban J connectivity index is 0.00000199. The van der Waals surface area contributed by atoms with E-state index in [-0.39, 0.29) is 29.8 Å². The second kappa shape index (κ2) is 11.5. The molecular formula is C22H31F3N4O5. The van der Waals surface area contributed by atoms with Crippen molar-refractivity contribution in [2.75, 3.05) is 11.9 Å². The van der Waals surface area contributed by atoms with Gasteiger partial charge in [0.05, 0.1) is 12.3 Å². The molecule has 0 spiro atoms. The summed E-state index contributed by atoms with van der Waals surface area (Å²) >= 11 is 0. The van der Waals surface area contributed by atoms with Gasteiger partial charge in [0.2, 0.25) is 11.8 Å². The summed E-state index contributed by atoms with van der Waals surface area (Å²) < 4.78 is 57.1. The molecule has 1 aliphatic rings. The molecule has 0 aliphatic carbocycles. The molecule has 2 N–H and O–H groups in total. The van der Waals surface area contributed by atoms with E-state index in [4.69, 9.17) is 13.9 Å². The summed E-state index contributed by atoms with van der Waals surface area (Å²) in [5, 5.41) is 20.1. The fourth-order valence-electron chi connectivity index (χ4n) is 3.03. The van der Waals surface area contributed by atoms with Gasteiger partial charge in [-0.15, -0.1) is 10.2 Å². The van der Waals surface area contributed by atoms with Crippen LogP contribution < -0.4 is 10.1 Å². The van der Waals surface area contributed by atoms with Gasteiger partial charge in [-0.1, -0.05) is 33.1 Å². The lowest BCUT2D eigenvalue weighted by Crippen LogP contribution is -2.27. The Morgan fingerprint density at radius 2 is 1.82 bits per heavy atom. The van der Waals surface area contributed by atoms with Gasteiger partial charge in [0.15, 0.2) is 5.69 Å². The van der Waals surface area contributed by atoms with Gasteiger partial charge >= 0.3 is 12.3 Å². The number of aromatic nitrogens is 3. The number of alkyl halides is 3. The SMILES string of the molecule is CC.CC(C)(C)OC(=O)Nc1cc(C(F)(F)F)c2nc1-c1nnc(o1)C(O)CCCCCCO2. The number of nitrogens with one attached hydrogen (secondary N) is 1. The number of carbonyl (C=O) groups excluding carboxylic acids is 1. The van der Waals surface area contributed by atoms with E-state index in [1.807, 2.05) is 13.8 Å². The topological polar surface area (TPSA) is 120 Å². The van der Waals surface area contributed by atoms with Crippen molar-refractivity contribution >= 4 is 11.8 Å². The van der Waals surface area contributed by atoms with Crippen LogP contribution in [0.1, 0.15) is 84.3 Å². The van der Waals surface area contributed by atoms with Crippen molar-refractivity contribution in [2.24, 2.45) is 0 Å². The molecule has 0 fully saturated rings. The lowest BCUT2D eigenvalue weighted by Gasteiger charge is -2.21. The Hall–Kier alpha value is -2.89. The maximum Gasteiger partial charge on any atom is 0.421 e. The zero-order valence-electron chi connectivity index (χ0n) is 20.0. The molecule has 34 heavy (non-hydrogen) atoms. The highest BCUT2D eigenvalue weighted by Gasteiger charge is 2.38. The van der Waals surface area contributed by atoms with Crippen LogP contribution >= 0.6 is 0 Å². The van der Waals surface area contributed by atoms with Crippen molar-refractivity contribution in [1.82, 2.24) is 15.2 Å². The molecule has 0 saturated heterocycles. The summed E-state index contributed by atoms with van der Waals surface area (Å²) in [7, 11) is 0. The third-order valence-corrected chi connectivity index (χ3v) is 4.47. The zero-order chi connectivity index (χ0) is 25.5. The number of fused-ring (bicyclic) bond motifs is 5. The first-order chi connectivity index (χ1) is 15.9. The maximum atomic E-state index is 13.7. The van der Waals surface area contributed by atoms with Crippen LogP contribution in [0.3, 0.4) is 0 Å². The molecule has 9 nitrogen and oxygen atoms in total. The molecule has 1 unspecified atom stereocenters. The Morgan fingerprint density at radius 1 is 1.15 bits per heavy atom. The average molecular weight is 489 g/mol. The van der Waals surface area contributed by atoms with Gasteiger partial charge in [0, 0.05) is 0 Å². The Kier molecular flexibility index (Phi) is 9.25. The normalized spacial score (nSPS) is 16.9. The molecule has 0 radical (unpaired) electrons. The minimum Gasteiger partial charge on any atom is -0.477 e. The lowest BCUT2D eigenvalue weighted by molar-refractivity contribution is -0.139. The number of pyridine rings is 1. The van der Waals surface area contributed by atoms with E-state index in [2.05, 4.69) is 20.5 Å². The van der Waals surface area contributed by atoms with Crippen molar-refractivity contribution in [2.45, 2.75) is 84.6 Å². The number of aliphatic hydroxyl groups is 1. The monoisotopic (exact) mass is 488 g/mol. The summed E-state index contributed by atoms with van der Waals surface area (Å²) in [4.78, 5) is 16.2. The lowest BCUT2D eigenvalue weighted by atomic mass is 10.1. The molecule has 1 amide bonds. The second-order valence-corrected chi connectivity index (χ2v) is 8.37. The first-order valence-electron chi connectivity index (χ1n) is 11.2. The molecule has 1 atom stereocenters.